The lowest BCUT2D eigenvalue weighted by Gasteiger charge is -2.02. The van der Waals surface area contributed by atoms with Gasteiger partial charge in [0.25, 0.3) is 0 Å². The molecule has 0 aliphatic heterocycles. The van der Waals surface area contributed by atoms with Crippen molar-refractivity contribution in [1.29, 1.82) is 0 Å². The van der Waals surface area contributed by atoms with E-state index in [0.29, 0.717) is 0 Å². The molecule has 4 aromatic rings. The van der Waals surface area contributed by atoms with Crippen molar-refractivity contribution in [2.24, 2.45) is 0 Å². The highest BCUT2D eigenvalue weighted by molar-refractivity contribution is 7.15. The van der Waals surface area contributed by atoms with Crippen molar-refractivity contribution in [3.05, 3.63) is 71.9 Å². The maximum Gasteiger partial charge on any atom is 0.194 e. The molecular weight excluding hydrogens is 276 g/mol. The molecule has 0 aliphatic rings. The van der Waals surface area contributed by atoms with Crippen LogP contribution in [0.15, 0.2) is 66.2 Å². The van der Waals surface area contributed by atoms with Gasteiger partial charge >= 0.3 is 0 Å². The van der Waals surface area contributed by atoms with E-state index in [1.807, 2.05) is 6.07 Å². The summed E-state index contributed by atoms with van der Waals surface area (Å²) in [6.07, 6.45) is 2.11. The first-order valence-corrected chi connectivity index (χ1v) is 7.78. The zero-order valence-electron chi connectivity index (χ0n) is 11.7. The zero-order chi connectivity index (χ0) is 14.2. The lowest BCUT2D eigenvalue weighted by atomic mass is 10.0. The van der Waals surface area contributed by atoms with Gasteiger partial charge in [-0.05, 0) is 18.1 Å². The molecule has 0 spiro atoms. The predicted molar refractivity (Wildman–Crippen MR) is 88.7 cm³/mol. The topological polar surface area (TPSA) is 17.3 Å². The number of hydrogen-bond donors (Lipinski definition) is 0. The second kappa shape index (κ2) is 4.86. The van der Waals surface area contributed by atoms with E-state index in [4.69, 9.17) is 0 Å². The van der Waals surface area contributed by atoms with Crippen molar-refractivity contribution >= 4 is 16.3 Å². The molecule has 2 nitrogen and oxygen atoms in total. The number of aromatic nitrogens is 2. The molecule has 21 heavy (non-hydrogen) atoms. The summed E-state index contributed by atoms with van der Waals surface area (Å²) < 4.78 is 2.14. The van der Waals surface area contributed by atoms with Crippen molar-refractivity contribution in [2.45, 2.75) is 6.92 Å². The van der Waals surface area contributed by atoms with Crippen molar-refractivity contribution in [2.75, 3.05) is 0 Å². The monoisotopic (exact) mass is 290 g/mol. The van der Waals surface area contributed by atoms with E-state index in [9.17, 15) is 0 Å². The van der Waals surface area contributed by atoms with Crippen molar-refractivity contribution in [3.63, 3.8) is 0 Å². The van der Waals surface area contributed by atoms with Crippen LogP contribution in [-0.2, 0) is 0 Å². The van der Waals surface area contributed by atoms with Crippen molar-refractivity contribution in [3.8, 4) is 22.4 Å². The van der Waals surface area contributed by atoms with Gasteiger partial charge in [0.15, 0.2) is 4.96 Å². The third-order valence-corrected chi connectivity index (χ3v) is 4.63. The van der Waals surface area contributed by atoms with Gasteiger partial charge < -0.3 is 0 Å². The number of fused-ring (bicyclic) bond motifs is 1. The molecule has 0 amide bonds. The van der Waals surface area contributed by atoms with Crippen LogP contribution >= 0.6 is 11.3 Å². The number of benzene rings is 2. The smallest absolute Gasteiger partial charge is 0.194 e. The van der Waals surface area contributed by atoms with E-state index >= 15 is 0 Å². The average molecular weight is 290 g/mol. The third-order valence-electron chi connectivity index (χ3n) is 3.68. The summed E-state index contributed by atoms with van der Waals surface area (Å²) in [6, 6.07) is 19.0. The van der Waals surface area contributed by atoms with Crippen LogP contribution in [0.5, 0.6) is 0 Å². The standard InChI is InChI=1S/C18H14N2S/c1-13-12-21-18-19-17(11-20(13)18)16-9-7-15(8-10-16)14-5-3-2-4-6-14/h2-12H,1H3. The summed E-state index contributed by atoms with van der Waals surface area (Å²) in [4.78, 5) is 5.74. The van der Waals surface area contributed by atoms with Gasteiger partial charge in [0.2, 0.25) is 0 Å². The number of rotatable bonds is 2. The van der Waals surface area contributed by atoms with Gasteiger partial charge in [-0.2, -0.15) is 0 Å². The molecule has 0 bridgehead atoms. The number of imidazole rings is 1. The van der Waals surface area contributed by atoms with Crippen LogP contribution in [0, 0.1) is 6.92 Å². The molecule has 2 aromatic heterocycles. The molecule has 0 saturated carbocycles. The van der Waals surface area contributed by atoms with E-state index < -0.39 is 0 Å². The SMILES string of the molecule is Cc1csc2nc(-c3ccc(-c4ccccc4)cc3)cn12. The largest absolute Gasteiger partial charge is 0.294 e. The molecule has 3 heteroatoms. The Labute approximate surface area is 127 Å². The molecule has 0 saturated heterocycles. The molecule has 102 valence electrons. The fourth-order valence-corrected chi connectivity index (χ4v) is 3.35. The van der Waals surface area contributed by atoms with E-state index in [0.717, 1.165) is 16.2 Å². The summed E-state index contributed by atoms with van der Waals surface area (Å²) in [5, 5.41) is 2.13. The van der Waals surface area contributed by atoms with E-state index in [1.165, 1.54) is 16.8 Å². The molecule has 2 aromatic carbocycles. The van der Waals surface area contributed by atoms with Gasteiger partial charge in [-0.25, -0.2) is 4.98 Å². The zero-order valence-corrected chi connectivity index (χ0v) is 12.5. The molecule has 0 aliphatic carbocycles. The number of thiazole rings is 1. The lowest BCUT2D eigenvalue weighted by Crippen LogP contribution is -1.80. The Balaban J connectivity index is 1.73. The minimum absolute atomic E-state index is 1.03. The summed E-state index contributed by atoms with van der Waals surface area (Å²) in [7, 11) is 0. The Bertz CT molecular complexity index is 886. The van der Waals surface area contributed by atoms with Crippen LogP contribution in [0.4, 0.5) is 0 Å². The van der Waals surface area contributed by atoms with Crippen LogP contribution in [0.25, 0.3) is 27.3 Å². The Kier molecular flexibility index (Phi) is 2.86. The van der Waals surface area contributed by atoms with E-state index in [-0.39, 0.29) is 0 Å². The normalized spacial score (nSPS) is 11.1. The number of nitrogens with zero attached hydrogens (tertiary/aromatic N) is 2. The van der Waals surface area contributed by atoms with Gasteiger partial charge in [-0.1, -0.05) is 54.6 Å². The summed E-state index contributed by atoms with van der Waals surface area (Å²) >= 11 is 1.68. The van der Waals surface area contributed by atoms with E-state index in [1.54, 1.807) is 11.3 Å². The summed E-state index contributed by atoms with van der Waals surface area (Å²) in [6.45, 7) is 2.10. The Hall–Kier alpha value is -2.39. The molecule has 0 N–H and O–H groups in total. The van der Waals surface area contributed by atoms with Gasteiger partial charge in [0, 0.05) is 22.8 Å². The Morgan fingerprint density at radius 2 is 1.52 bits per heavy atom. The van der Waals surface area contributed by atoms with Crippen LogP contribution < -0.4 is 0 Å². The van der Waals surface area contributed by atoms with Gasteiger partial charge in [-0.3, -0.25) is 4.40 Å². The molecule has 0 atom stereocenters. The van der Waals surface area contributed by atoms with Crippen LogP contribution in [0.1, 0.15) is 5.69 Å². The second-order valence-electron chi connectivity index (χ2n) is 5.10. The second-order valence-corrected chi connectivity index (χ2v) is 5.94. The van der Waals surface area contributed by atoms with E-state index in [2.05, 4.69) is 76.4 Å². The molecule has 0 unspecified atom stereocenters. The Morgan fingerprint density at radius 3 is 2.24 bits per heavy atom. The van der Waals surface area contributed by atoms with Crippen LogP contribution in [0.2, 0.25) is 0 Å². The Morgan fingerprint density at radius 1 is 0.857 bits per heavy atom. The maximum absolute atomic E-state index is 4.69. The highest BCUT2D eigenvalue weighted by Gasteiger charge is 2.07. The minimum Gasteiger partial charge on any atom is -0.294 e. The minimum atomic E-state index is 1.03. The van der Waals surface area contributed by atoms with Crippen molar-refractivity contribution < 1.29 is 0 Å². The van der Waals surface area contributed by atoms with Gasteiger partial charge in [-0.15, -0.1) is 11.3 Å². The highest BCUT2D eigenvalue weighted by atomic mass is 32.1. The number of hydrogen-bond acceptors (Lipinski definition) is 2. The lowest BCUT2D eigenvalue weighted by molar-refractivity contribution is 1.13. The third kappa shape index (κ3) is 2.16. The summed E-state index contributed by atoms with van der Waals surface area (Å²) in [5.74, 6) is 0. The molecule has 0 radical (unpaired) electrons. The fourth-order valence-electron chi connectivity index (χ4n) is 2.50. The first-order chi connectivity index (χ1) is 10.3. The molecule has 2 heterocycles. The van der Waals surface area contributed by atoms with Gasteiger partial charge in [0.1, 0.15) is 0 Å². The highest BCUT2D eigenvalue weighted by Crippen LogP contribution is 2.26. The summed E-state index contributed by atoms with van der Waals surface area (Å²) in [5.41, 5.74) is 5.89. The quantitative estimate of drug-likeness (QED) is 0.505. The molecule has 0 fully saturated rings. The fraction of sp³-hybridized carbons (Fsp3) is 0.0556. The van der Waals surface area contributed by atoms with Crippen LogP contribution in [-0.4, -0.2) is 9.38 Å². The number of aryl methyl sites for hydroxylation is 1. The maximum atomic E-state index is 4.69. The van der Waals surface area contributed by atoms with Crippen molar-refractivity contribution in [1.82, 2.24) is 9.38 Å². The molecule has 4 rings (SSSR count). The average Bonchev–Trinajstić information content (AvgIpc) is 3.11. The predicted octanol–water partition coefficient (Wildman–Crippen LogP) is 5.04. The first-order valence-electron chi connectivity index (χ1n) is 6.90. The van der Waals surface area contributed by atoms with Crippen LogP contribution in [0.3, 0.4) is 0 Å². The first kappa shape index (κ1) is 12.4. The van der Waals surface area contributed by atoms with Gasteiger partial charge in [0.05, 0.1) is 5.69 Å². The molecular formula is C18H14N2S.